The second kappa shape index (κ2) is 14.9. The van der Waals surface area contributed by atoms with Crippen molar-refractivity contribution < 1.29 is 22.7 Å². The SMILES string of the molecule is Cc1cc(S(=O)(=O)NCCOC2CC3(C2)CN(Cc2ccc4c(c2)n(C)c(=O)n4C2CCC(=O)NC2=O)C3)ccc1Nc1ncc2ccc(=O)n(C3CCCC3)c2n1. The highest BCUT2D eigenvalue weighted by Crippen LogP contribution is 2.50. The Morgan fingerprint density at radius 2 is 1.74 bits per heavy atom. The lowest BCUT2D eigenvalue weighted by Crippen LogP contribution is -2.63. The molecule has 9 rings (SSSR count). The van der Waals surface area contributed by atoms with Crippen molar-refractivity contribution in [2.45, 2.75) is 87.9 Å². The highest BCUT2D eigenvalue weighted by Gasteiger charge is 2.52. The van der Waals surface area contributed by atoms with Crippen LogP contribution in [0.5, 0.6) is 0 Å². The van der Waals surface area contributed by atoms with Gasteiger partial charge in [-0.15, -0.1) is 0 Å². The maximum absolute atomic E-state index is 13.2. The number of carbonyl (C=O) groups is 2. The molecular formula is C41H47N9O7S. The Bertz CT molecular complexity index is 2690. The van der Waals surface area contributed by atoms with E-state index in [9.17, 15) is 27.6 Å². The summed E-state index contributed by atoms with van der Waals surface area (Å²) in [7, 11) is -2.07. The van der Waals surface area contributed by atoms with Crippen molar-refractivity contribution in [3.8, 4) is 0 Å². The van der Waals surface area contributed by atoms with Crippen molar-refractivity contribution in [3.05, 3.63) is 86.7 Å². The third-order valence-corrected chi connectivity index (χ3v) is 13.8. The molecule has 3 aromatic heterocycles. The van der Waals surface area contributed by atoms with E-state index >= 15 is 0 Å². The number of rotatable bonds is 12. The monoisotopic (exact) mass is 809 g/mol. The number of hydrogen-bond donors (Lipinski definition) is 3. The highest BCUT2D eigenvalue weighted by atomic mass is 32.2. The number of hydrogen-bond acceptors (Lipinski definition) is 11. The Balaban J connectivity index is 0.738. The van der Waals surface area contributed by atoms with Crippen LogP contribution in [0.1, 0.15) is 74.6 Å². The molecule has 1 spiro atoms. The van der Waals surface area contributed by atoms with Gasteiger partial charge < -0.3 is 10.1 Å². The predicted octanol–water partition coefficient (Wildman–Crippen LogP) is 3.55. The fourth-order valence-electron chi connectivity index (χ4n) is 9.45. The Hall–Kier alpha value is -5.23. The lowest BCUT2D eigenvalue weighted by atomic mass is 9.61. The van der Waals surface area contributed by atoms with E-state index in [-0.39, 0.29) is 59.2 Å². The summed E-state index contributed by atoms with van der Waals surface area (Å²) in [6.07, 6.45) is 8.20. The molecule has 4 fully saturated rings. The van der Waals surface area contributed by atoms with Gasteiger partial charge in [-0.3, -0.25) is 38.3 Å². The van der Waals surface area contributed by atoms with Crippen LogP contribution in [0.15, 0.2) is 69.2 Å². The van der Waals surface area contributed by atoms with Gasteiger partial charge in [0.2, 0.25) is 27.8 Å². The quantitative estimate of drug-likeness (QED) is 0.123. The Morgan fingerprint density at radius 1 is 0.948 bits per heavy atom. The molecule has 5 heterocycles. The molecule has 17 heteroatoms. The number of sulfonamides is 1. The van der Waals surface area contributed by atoms with Crippen molar-refractivity contribution in [1.82, 2.24) is 38.6 Å². The molecule has 4 aliphatic rings. The molecule has 1 unspecified atom stereocenters. The first-order chi connectivity index (χ1) is 27.9. The zero-order chi connectivity index (χ0) is 40.3. The Labute approximate surface area is 334 Å². The molecule has 58 heavy (non-hydrogen) atoms. The van der Waals surface area contributed by atoms with E-state index in [0.29, 0.717) is 34.8 Å². The average molecular weight is 810 g/mol. The van der Waals surface area contributed by atoms with Gasteiger partial charge in [0.15, 0.2) is 0 Å². The minimum absolute atomic E-state index is 0.0720. The first kappa shape index (κ1) is 38.3. The standard InChI is InChI=1S/C41H47N9O7S/c1-25-17-30(9-10-31(25)44-39-42-21-27-8-14-36(52)49(37(27)46-39)28-5-3-4-6-28)58(55,56)43-15-16-57-29-19-41(20-29)23-48(24-41)22-26-7-11-32-34(18-26)47(2)40(54)50(32)33-12-13-35(51)45-38(33)53/h7-11,14,17-18,21,28-29,33,43H,3-6,12-13,15-16,19-20,22-24H2,1-2H3,(H,42,44,46)(H,45,51,53). The van der Waals surface area contributed by atoms with E-state index in [0.717, 1.165) is 74.6 Å². The number of carbonyl (C=O) groups excluding carboxylic acids is 2. The van der Waals surface area contributed by atoms with Gasteiger partial charge >= 0.3 is 5.69 Å². The molecule has 2 aliphatic carbocycles. The third kappa shape index (κ3) is 7.13. The van der Waals surface area contributed by atoms with Gasteiger partial charge in [-0.25, -0.2) is 22.9 Å². The number of pyridine rings is 1. The topological polar surface area (TPSA) is 192 Å². The van der Waals surface area contributed by atoms with E-state index < -0.39 is 22.0 Å². The number of nitrogens with one attached hydrogen (secondary N) is 3. The molecule has 2 amide bonds. The maximum atomic E-state index is 13.2. The lowest BCUT2D eigenvalue weighted by Gasteiger charge is -2.59. The molecule has 2 aliphatic heterocycles. The van der Waals surface area contributed by atoms with E-state index in [2.05, 4.69) is 25.2 Å². The first-order valence-electron chi connectivity index (χ1n) is 20.0. The van der Waals surface area contributed by atoms with Gasteiger partial charge in [0.05, 0.1) is 28.6 Å². The summed E-state index contributed by atoms with van der Waals surface area (Å²) in [5.41, 5.74) is 4.31. The molecule has 304 valence electrons. The summed E-state index contributed by atoms with van der Waals surface area (Å²) >= 11 is 0. The van der Waals surface area contributed by atoms with Crippen LogP contribution in [0.25, 0.3) is 22.1 Å². The number of nitrogens with zero attached hydrogens (tertiary/aromatic N) is 6. The normalized spacial score (nSPS) is 20.1. The van der Waals surface area contributed by atoms with Gasteiger partial charge in [-0.05, 0) is 86.6 Å². The molecular weight excluding hydrogens is 763 g/mol. The number of aryl methyl sites for hydroxylation is 2. The van der Waals surface area contributed by atoms with Crippen LogP contribution in [0, 0.1) is 12.3 Å². The minimum atomic E-state index is -3.77. The molecule has 3 N–H and O–H groups in total. The first-order valence-corrected chi connectivity index (χ1v) is 21.5. The smallest absolute Gasteiger partial charge is 0.329 e. The van der Waals surface area contributed by atoms with Crippen LogP contribution in [-0.2, 0) is 37.9 Å². The van der Waals surface area contributed by atoms with E-state index in [1.165, 1.54) is 4.57 Å². The number of piperidine rings is 1. The van der Waals surface area contributed by atoms with Crippen LogP contribution < -0.4 is 26.6 Å². The van der Waals surface area contributed by atoms with Crippen molar-refractivity contribution in [3.63, 3.8) is 0 Å². The molecule has 2 aromatic carbocycles. The molecule has 0 radical (unpaired) electrons. The van der Waals surface area contributed by atoms with Gasteiger partial charge in [0.1, 0.15) is 11.7 Å². The molecule has 5 aromatic rings. The number of amides is 2. The van der Waals surface area contributed by atoms with Crippen LogP contribution in [0.4, 0.5) is 11.6 Å². The third-order valence-electron chi connectivity index (χ3n) is 12.4. The molecule has 2 saturated carbocycles. The molecule has 16 nitrogen and oxygen atoms in total. The number of aromatic nitrogens is 5. The fraction of sp³-hybridized carbons (Fsp3) is 0.463. The average Bonchev–Trinajstić information content (AvgIpc) is 3.78. The highest BCUT2D eigenvalue weighted by molar-refractivity contribution is 7.89. The number of likely N-dealkylation sites (tertiary alicyclic amines) is 1. The Kier molecular flexibility index (Phi) is 9.81. The number of fused-ring (bicyclic) bond motifs is 2. The van der Waals surface area contributed by atoms with Crippen molar-refractivity contribution in [2.24, 2.45) is 12.5 Å². The van der Waals surface area contributed by atoms with Gasteiger partial charge in [0.25, 0.3) is 5.56 Å². The summed E-state index contributed by atoms with van der Waals surface area (Å²) in [5.74, 6) is -0.429. The van der Waals surface area contributed by atoms with Gasteiger partial charge in [0, 0.05) is 74.4 Å². The van der Waals surface area contributed by atoms with Crippen molar-refractivity contribution in [2.75, 3.05) is 31.6 Å². The zero-order valence-electron chi connectivity index (χ0n) is 32.6. The summed E-state index contributed by atoms with van der Waals surface area (Å²) in [6, 6.07) is 13.5. The van der Waals surface area contributed by atoms with E-state index in [1.807, 2.05) is 25.1 Å². The summed E-state index contributed by atoms with van der Waals surface area (Å²) in [6.45, 7) is 4.85. The Morgan fingerprint density at radius 3 is 2.50 bits per heavy atom. The lowest BCUT2D eigenvalue weighted by molar-refractivity contribution is -0.152. The van der Waals surface area contributed by atoms with Crippen LogP contribution >= 0.6 is 0 Å². The maximum Gasteiger partial charge on any atom is 0.329 e. The van der Waals surface area contributed by atoms with Gasteiger partial charge in [-0.2, -0.15) is 4.98 Å². The summed E-state index contributed by atoms with van der Waals surface area (Å²) in [4.78, 5) is 61.8. The van der Waals surface area contributed by atoms with Crippen molar-refractivity contribution >= 4 is 55.5 Å². The van der Waals surface area contributed by atoms with E-state index in [4.69, 9.17) is 9.72 Å². The fourth-order valence-corrected chi connectivity index (χ4v) is 10.6. The predicted molar refractivity (Wildman–Crippen MR) is 216 cm³/mol. The zero-order valence-corrected chi connectivity index (χ0v) is 33.4. The summed E-state index contributed by atoms with van der Waals surface area (Å²) in [5, 5.41) is 6.34. The number of ether oxygens (including phenoxy) is 1. The van der Waals surface area contributed by atoms with Crippen molar-refractivity contribution in [1.29, 1.82) is 0 Å². The number of imidazole rings is 1. The van der Waals surface area contributed by atoms with Gasteiger partial charge in [-0.1, -0.05) is 18.9 Å². The summed E-state index contributed by atoms with van der Waals surface area (Å²) < 4.78 is 39.9. The second-order valence-corrected chi connectivity index (χ2v) is 18.3. The van der Waals surface area contributed by atoms with Crippen LogP contribution in [0.3, 0.4) is 0 Å². The van der Waals surface area contributed by atoms with E-state index in [1.54, 1.807) is 52.7 Å². The number of anilines is 2. The number of imide groups is 1. The molecule has 1 atom stereocenters. The second-order valence-electron chi connectivity index (χ2n) is 16.5. The van der Waals surface area contributed by atoms with Crippen LogP contribution in [0.2, 0.25) is 0 Å². The van der Waals surface area contributed by atoms with Crippen LogP contribution in [-0.4, -0.2) is 81.1 Å². The minimum Gasteiger partial charge on any atom is -0.377 e. The number of benzene rings is 2. The molecule has 2 saturated heterocycles. The molecule has 0 bridgehead atoms. The largest absolute Gasteiger partial charge is 0.377 e.